The van der Waals surface area contributed by atoms with Crippen molar-refractivity contribution in [2.75, 3.05) is 6.54 Å². The molecule has 1 heterocycles. The zero-order valence-electron chi connectivity index (χ0n) is 8.00. The average Bonchev–Trinajstić information content (AvgIpc) is 2.24. The molecule has 0 unspecified atom stereocenters. The number of hydrogen-bond donors (Lipinski definition) is 1. The van der Waals surface area contributed by atoms with E-state index in [9.17, 15) is 4.79 Å². The van der Waals surface area contributed by atoms with Gasteiger partial charge in [0.25, 0.3) is 0 Å². The summed E-state index contributed by atoms with van der Waals surface area (Å²) in [7, 11) is 0. The fourth-order valence-electron chi connectivity index (χ4n) is 1.51. The molecule has 0 radical (unpaired) electrons. The minimum absolute atomic E-state index is 0.378. The Morgan fingerprint density at radius 3 is 2.80 bits per heavy atom. The zero-order chi connectivity index (χ0) is 10.8. The molecule has 1 aromatic heterocycles. The summed E-state index contributed by atoms with van der Waals surface area (Å²) < 4.78 is 5.13. The van der Waals surface area contributed by atoms with Crippen LogP contribution in [0.2, 0.25) is 5.02 Å². The monoisotopic (exact) mass is 223 g/mol. The van der Waals surface area contributed by atoms with Gasteiger partial charge in [0.15, 0.2) is 0 Å². The molecule has 0 amide bonds. The Kier molecular flexibility index (Phi) is 2.75. The summed E-state index contributed by atoms with van der Waals surface area (Å²) in [6.07, 6.45) is 0.437. The van der Waals surface area contributed by atoms with Gasteiger partial charge in [0.2, 0.25) is 0 Å². The Balaban J connectivity index is 2.78. The molecule has 2 aromatic rings. The van der Waals surface area contributed by atoms with Gasteiger partial charge in [-0.2, -0.15) is 0 Å². The first-order valence-corrected chi connectivity index (χ1v) is 5.02. The summed E-state index contributed by atoms with van der Waals surface area (Å²) >= 11 is 6.11. The Morgan fingerprint density at radius 1 is 1.33 bits per heavy atom. The Bertz CT molecular complexity index is 548. The first-order chi connectivity index (χ1) is 7.24. The predicted octanol–water partition coefficient (Wildman–Crippen LogP) is 1.95. The minimum atomic E-state index is -0.399. The van der Waals surface area contributed by atoms with Crippen LogP contribution in [0.1, 0.15) is 5.56 Å². The molecular formula is C11H10ClNO2. The topological polar surface area (TPSA) is 56.2 Å². The van der Waals surface area contributed by atoms with Crippen molar-refractivity contribution in [3.8, 4) is 0 Å². The number of benzene rings is 1. The minimum Gasteiger partial charge on any atom is -0.422 e. The number of nitrogens with two attached hydrogens (primary N) is 1. The molecule has 3 nitrogen and oxygen atoms in total. The smallest absolute Gasteiger partial charge is 0.341 e. The lowest BCUT2D eigenvalue weighted by Gasteiger charge is -2.03. The van der Waals surface area contributed by atoms with Crippen molar-refractivity contribution in [3.63, 3.8) is 0 Å². The standard InChI is InChI=1S/C11H10ClNO2/c12-10-7-3-1-2-4-9(7)15-11(14)8(10)5-6-13/h1-4H,5-6,13H2. The SMILES string of the molecule is NCCc1c(Cl)c2ccccc2oc1=O. The largest absolute Gasteiger partial charge is 0.422 e. The van der Waals surface area contributed by atoms with Crippen LogP contribution in [-0.2, 0) is 6.42 Å². The van der Waals surface area contributed by atoms with Crippen LogP contribution in [0.15, 0.2) is 33.5 Å². The van der Waals surface area contributed by atoms with Crippen LogP contribution < -0.4 is 11.4 Å². The van der Waals surface area contributed by atoms with E-state index in [1.807, 2.05) is 12.1 Å². The summed E-state index contributed by atoms with van der Waals surface area (Å²) in [5.41, 5.74) is 5.97. The third kappa shape index (κ3) is 1.76. The van der Waals surface area contributed by atoms with Crippen molar-refractivity contribution in [1.82, 2.24) is 0 Å². The van der Waals surface area contributed by atoms with E-state index < -0.39 is 5.63 Å². The lowest BCUT2D eigenvalue weighted by Crippen LogP contribution is -2.13. The van der Waals surface area contributed by atoms with E-state index >= 15 is 0 Å². The van der Waals surface area contributed by atoms with Gasteiger partial charge in [-0.1, -0.05) is 23.7 Å². The lowest BCUT2D eigenvalue weighted by molar-refractivity contribution is 0.550. The van der Waals surface area contributed by atoms with Gasteiger partial charge in [-0.25, -0.2) is 4.79 Å². The van der Waals surface area contributed by atoms with Crippen molar-refractivity contribution in [2.24, 2.45) is 5.73 Å². The highest BCUT2D eigenvalue weighted by Crippen LogP contribution is 2.24. The maximum absolute atomic E-state index is 11.5. The molecule has 0 aliphatic rings. The lowest BCUT2D eigenvalue weighted by atomic mass is 10.1. The number of rotatable bonds is 2. The van der Waals surface area contributed by atoms with E-state index in [4.69, 9.17) is 21.8 Å². The number of hydrogen-bond acceptors (Lipinski definition) is 3. The van der Waals surface area contributed by atoms with Crippen molar-refractivity contribution >= 4 is 22.6 Å². The molecule has 0 aliphatic carbocycles. The number of fused-ring (bicyclic) bond motifs is 1. The third-order valence-electron chi connectivity index (χ3n) is 2.23. The van der Waals surface area contributed by atoms with Crippen molar-refractivity contribution in [1.29, 1.82) is 0 Å². The van der Waals surface area contributed by atoms with E-state index in [0.29, 0.717) is 29.1 Å². The van der Waals surface area contributed by atoms with Crippen LogP contribution in [0.5, 0.6) is 0 Å². The van der Waals surface area contributed by atoms with Crippen LogP contribution in [0.4, 0.5) is 0 Å². The summed E-state index contributed by atoms with van der Waals surface area (Å²) in [6, 6.07) is 7.18. The van der Waals surface area contributed by atoms with Crippen molar-refractivity contribution in [3.05, 3.63) is 45.3 Å². The zero-order valence-corrected chi connectivity index (χ0v) is 8.75. The fraction of sp³-hybridized carbons (Fsp3) is 0.182. The third-order valence-corrected chi connectivity index (χ3v) is 2.66. The van der Waals surface area contributed by atoms with Gasteiger partial charge < -0.3 is 10.2 Å². The van der Waals surface area contributed by atoms with Gasteiger partial charge in [0.1, 0.15) is 5.58 Å². The Morgan fingerprint density at radius 2 is 2.07 bits per heavy atom. The second kappa shape index (κ2) is 4.04. The molecule has 4 heteroatoms. The molecule has 2 N–H and O–H groups in total. The summed E-state index contributed by atoms with van der Waals surface area (Å²) in [4.78, 5) is 11.5. The highest BCUT2D eigenvalue weighted by Gasteiger charge is 2.11. The van der Waals surface area contributed by atoms with Crippen LogP contribution >= 0.6 is 11.6 Å². The number of halogens is 1. The van der Waals surface area contributed by atoms with Crippen LogP contribution in [-0.4, -0.2) is 6.54 Å². The number of para-hydroxylation sites is 1. The molecule has 78 valence electrons. The van der Waals surface area contributed by atoms with Crippen LogP contribution in [0.25, 0.3) is 11.0 Å². The summed E-state index contributed by atoms with van der Waals surface area (Å²) in [5.74, 6) is 0. The van der Waals surface area contributed by atoms with E-state index in [1.54, 1.807) is 12.1 Å². The molecule has 15 heavy (non-hydrogen) atoms. The van der Waals surface area contributed by atoms with Gasteiger partial charge >= 0.3 is 5.63 Å². The molecular weight excluding hydrogens is 214 g/mol. The van der Waals surface area contributed by atoms with Crippen LogP contribution in [0.3, 0.4) is 0 Å². The summed E-state index contributed by atoms with van der Waals surface area (Å²) in [6.45, 7) is 0.378. The van der Waals surface area contributed by atoms with E-state index in [-0.39, 0.29) is 0 Å². The van der Waals surface area contributed by atoms with Gasteiger partial charge in [-0.05, 0) is 25.1 Å². The molecule has 0 aliphatic heterocycles. The van der Waals surface area contributed by atoms with Crippen LogP contribution in [0, 0.1) is 0 Å². The second-order valence-corrected chi connectivity index (χ2v) is 3.59. The molecule has 0 spiro atoms. The van der Waals surface area contributed by atoms with Gasteiger partial charge in [-0.3, -0.25) is 0 Å². The fourth-order valence-corrected chi connectivity index (χ4v) is 1.83. The molecule has 2 rings (SSSR count). The highest BCUT2D eigenvalue weighted by molar-refractivity contribution is 6.35. The van der Waals surface area contributed by atoms with Crippen molar-refractivity contribution in [2.45, 2.75) is 6.42 Å². The first-order valence-electron chi connectivity index (χ1n) is 4.64. The molecule has 0 saturated heterocycles. The maximum Gasteiger partial charge on any atom is 0.341 e. The maximum atomic E-state index is 11.5. The Labute approximate surface area is 91.5 Å². The summed E-state index contributed by atoms with van der Waals surface area (Å²) in [5, 5.41) is 1.20. The molecule has 0 atom stereocenters. The Hall–Kier alpha value is -1.32. The first kappa shape index (κ1) is 10.2. The molecule has 0 bridgehead atoms. The quantitative estimate of drug-likeness (QED) is 0.792. The normalized spacial score (nSPS) is 10.8. The average molecular weight is 224 g/mol. The van der Waals surface area contributed by atoms with Crippen molar-refractivity contribution < 1.29 is 4.42 Å². The van der Waals surface area contributed by atoms with E-state index in [1.165, 1.54) is 0 Å². The predicted molar refractivity (Wildman–Crippen MR) is 60.3 cm³/mol. The molecule has 0 fully saturated rings. The van der Waals surface area contributed by atoms with Gasteiger partial charge in [0, 0.05) is 5.39 Å². The van der Waals surface area contributed by atoms with E-state index in [2.05, 4.69) is 0 Å². The molecule has 0 saturated carbocycles. The second-order valence-electron chi connectivity index (χ2n) is 3.22. The van der Waals surface area contributed by atoms with Gasteiger partial charge in [0.05, 0.1) is 10.6 Å². The highest BCUT2D eigenvalue weighted by atomic mass is 35.5. The molecule has 1 aromatic carbocycles. The van der Waals surface area contributed by atoms with E-state index in [0.717, 1.165) is 5.39 Å². The van der Waals surface area contributed by atoms with Gasteiger partial charge in [-0.15, -0.1) is 0 Å².